The van der Waals surface area contributed by atoms with Gasteiger partial charge in [-0.2, -0.15) is 0 Å². The summed E-state index contributed by atoms with van der Waals surface area (Å²) in [7, 11) is 0. The second kappa shape index (κ2) is 6.62. The molecule has 2 fully saturated rings. The van der Waals surface area contributed by atoms with Crippen LogP contribution in [0.2, 0.25) is 0 Å². The SMILES string of the molecule is Cc1cc(C(=O)N2CCC3(CC(=O)NC3=O)C2)c(C)n1-c1ccc2c(c1)OCCO2. The fourth-order valence-corrected chi connectivity index (χ4v) is 4.78. The summed E-state index contributed by atoms with van der Waals surface area (Å²) in [6.07, 6.45) is 0.670. The highest BCUT2D eigenvalue weighted by atomic mass is 16.6. The van der Waals surface area contributed by atoms with E-state index in [1.165, 1.54) is 0 Å². The number of hydrogen-bond donors (Lipinski definition) is 1. The average molecular weight is 409 g/mol. The van der Waals surface area contributed by atoms with Crippen LogP contribution >= 0.6 is 0 Å². The predicted octanol–water partition coefficient (Wildman–Crippen LogP) is 1.74. The molecule has 1 N–H and O–H groups in total. The zero-order valence-corrected chi connectivity index (χ0v) is 17.0. The number of fused-ring (bicyclic) bond motifs is 1. The number of benzene rings is 1. The quantitative estimate of drug-likeness (QED) is 0.764. The third-order valence-corrected chi connectivity index (χ3v) is 6.32. The van der Waals surface area contributed by atoms with E-state index in [0.717, 1.165) is 22.8 Å². The van der Waals surface area contributed by atoms with Crippen molar-refractivity contribution in [1.29, 1.82) is 0 Å². The van der Waals surface area contributed by atoms with E-state index in [-0.39, 0.29) is 30.7 Å². The van der Waals surface area contributed by atoms with E-state index >= 15 is 0 Å². The Morgan fingerprint density at radius 3 is 2.60 bits per heavy atom. The molecule has 2 saturated heterocycles. The number of carbonyl (C=O) groups excluding carboxylic acids is 3. The van der Waals surface area contributed by atoms with Crippen LogP contribution in [0.4, 0.5) is 0 Å². The van der Waals surface area contributed by atoms with Gasteiger partial charge in [-0.05, 0) is 38.5 Å². The van der Waals surface area contributed by atoms with Crippen molar-refractivity contribution in [2.24, 2.45) is 5.41 Å². The van der Waals surface area contributed by atoms with Crippen molar-refractivity contribution in [3.8, 4) is 17.2 Å². The van der Waals surface area contributed by atoms with Gasteiger partial charge in [0.15, 0.2) is 11.5 Å². The molecule has 30 heavy (non-hydrogen) atoms. The predicted molar refractivity (Wildman–Crippen MR) is 107 cm³/mol. The summed E-state index contributed by atoms with van der Waals surface area (Å²) >= 11 is 0. The minimum absolute atomic E-state index is 0.115. The second-order valence-corrected chi connectivity index (χ2v) is 8.26. The van der Waals surface area contributed by atoms with Crippen LogP contribution in [0.1, 0.15) is 34.6 Å². The van der Waals surface area contributed by atoms with Gasteiger partial charge in [0.25, 0.3) is 5.91 Å². The lowest BCUT2D eigenvalue weighted by Gasteiger charge is -2.21. The van der Waals surface area contributed by atoms with Crippen molar-refractivity contribution in [3.63, 3.8) is 0 Å². The van der Waals surface area contributed by atoms with Crippen LogP contribution in [-0.2, 0) is 9.59 Å². The molecule has 1 atom stereocenters. The Labute approximate surface area is 173 Å². The molecule has 3 amide bonds. The Morgan fingerprint density at radius 2 is 1.87 bits per heavy atom. The van der Waals surface area contributed by atoms with Gasteiger partial charge in [0, 0.05) is 42.7 Å². The molecule has 1 aromatic heterocycles. The van der Waals surface area contributed by atoms with Crippen LogP contribution < -0.4 is 14.8 Å². The van der Waals surface area contributed by atoms with Crippen molar-refractivity contribution >= 4 is 17.7 Å². The van der Waals surface area contributed by atoms with E-state index in [1.54, 1.807) is 4.90 Å². The topological polar surface area (TPSA) is 89.9 Å². The molecule has 0 saturated carbocycles. The molecule has 0 bridgehead atoms. The first kappa shape index (κ1) is 18.7. The summed E-state index contributed by atoms with van der Waals surface area (Å²) < 4.78 is 13.3. The van der Waals surface area contributed by atoms with E-state index in [0.29, 0.717) is 37.5 Å². The summed E-state index contributed by atoms with van der Waals surface area (Å²) in [5.74, 6) is 0.777. The highest BCUT2D eigenvalue weighted by Gasteiger charge is 2.52. The highest BCUT2D eigenvalue weighted by molar-refractivity contribution is 6.07. The zero-order chi connectivity index (χ0) is 21.0. The molecular formula is C22H23N3O5. The molecule has 3 aliphatic heterocycles. The van der Waals surface area contributed by atoms with Crippen LogP contribution in [0.5, 0.6) is 11.5 Å². The lowest BCUT2D eigenvalue weighted by molar-refractivity contribution is -0.128. The van der Waals surface area contributed by atoms with Crippen LogP contribution in [0.15, 0.2) is 24.3 Å². The second-order valence-electron chi connectivity index (χ2n) is 8.26. The fourth-order valence-electron chi connectivity index (χ4n) is 4.78. The maximum absolute atomic E-state index is 13.3. The van der Waals surface area contributed by atoms with E-state index in [1.807, 2.05) is 42.7 Å². The van der Waals surface area contributed by atoms with E-state index < -0.39 is 5.41 Å². The summed E-state index contributed by atoms with van der Waals surface area (Å²) in [5.41, 5.74) is 2.47. The van der Waals surface area contributed by atoms with Gasteiger partial charge in [0.05, 0.1) is 11.0 Å². The molecular weight excluding hydrogens is 386 g/mol. The number of nitrogens with one attached hydrogen (secondary N) is 1. The smallest absolute Gasteiger partial charge is 0.255 e. The Balaban J connectivity index is 1.44. The van der Waals surface area contributed by atoms with Gasteiger partial charge in [-0.15, -0.1) is 0 Å². The lowest BCUT2D eigenvalue weighted by atomic mass is 9.85. The highest BCUT2D eigenvalue weighted by Crippen LogP contribution is 2.39. The number of likely N-dealkylation sites (tertiary alicyclic amines) is 1. The average Bonchev–Trinajstić information content (AvgIpc) is 3.37. The van der Waals surface area contributed by atoms with Gasteiger partial charge in [0.1, 0.15) is 13.2 Å². The number of aryl methyl sites for hydroxylation is 1. The maximum Gasteiger partial charge on any atom is 0.255 e. The van der Waals surface area contributed by atoms with Gasteiger partial charge < -0.3 is 18.9 Å². The monoisotopic (exact) mass is 409 g/mol. The Hall–Kier alpha value is -3.29. The molecule has 2 aromatic rings. The Kier molecular flexibility index (Phi) is 4.13. The lowest BCUT2D eigenvalue weighted by Crippen LogP contribution is -2.36. The van der Waals surface area contributed by atoms with E-state index in [4.69, 9.17) is 9.47 Å². The molecule has 156 valence electrons. The molecule has 1 aromatic carbocycles. The van der Waals surface area contributed by atoms with Crippen molar-refractivity contribution in [2.45, 2.75) is 26.7 Å². The number of hydrogen-bond acceptors (Lipinski definition) is 5. The Morgan fingerprint density at radius 1 is 1.10 bits per heavy atom. The number of nitrogens with zero attached hydrogens (tertiary/aromatic N) is 2. The number of rotatable bonds is 2. The minimum Gasteiger partial charge on any atom is -0.486 e. The van der Waals surface area contributed by atoms with Crippen LogP contribution in [0.25, 0.3) is 5.69 Å². The normalized spacial score (nSPS) is 22.7. The summed E-state index contributed by atoms with van der Waals surface area (Å²) in [5, 5.41) is 2.38. The van der Waals surface area contributed by atoms with Crippen molar-refractivity contribution in [3.05, 3.63) is 41.2 Å². The Bertz CT molecular complexity index is 1090. The summed E-state index contributed by atoms with van der Waals surface area (Å²) in [6.45, 7) is 5.65. The number of ether oxygens (including phenoxy) is 2. The first-order valence-corrected chi connectivity index (χ1v) is 10.1. The number of aromatic nitrogens is 1. The van der Waals surface area contributed by atoms with Crippen LogP contribution in [0.3, 0.4) is 0 Å². The van der Waals surface area contributed by atoms with Gasteiger partial charge in [-0.25, -0.2) is 0 Å². The van der Waals surface area contributed by atoms with E-state index in [9.17, 15) is 14.4 Å². The zero-order valence-electron chi connectivity index (χ0n) is 17.0. The largest absolute Gasteiger partial charge is 0.486 e. The summed E-state index contributed by atoms with van der Waals surface area (Å²) in [6, 6.07) is 7.62. The third kappa shape index (κ3) is 2.78. The molecule has 1 spiro atoms. The summed E-state index contributed by atoms with van der Waals surface area (Å²) in [4.78, 5) is 38.9. The number of imide groups is 1. The van der Waals surface area contributed by atoms with Crippen LogP contribution in [-0.4, -0.2) is 53.5 Å². The van der Waals surface area contributed by atoms with Crippen molar-refractivity contribution < 1.29 is 23.9 Å². The molecule has 5 rings (SSSR count). The standard InChI is InChI=1S/C22H23N3O5/c1-13-9-16(20(27)24-6-5-22(12-24)11-19(26)23-21(22)28)14(2)25(13)15-3-4-17-18(10-15)30-8-7-29-17/h3-4,9-10H,5-8,11-12H2,1-2H3,(H,23,26,28). The molecule has 3 aliphatic rings. The molecule has 8 heteroatoms. The molecule has 0 aliphatic carbocycles. The number of amides is 3. The molecule has 4 heterocycles. The van der Waals surface area contributed by atoms with Crippen molar-refractivity contribution in [2.75, 3.05) is 26.3 Å². The van der Waals surface area contributed by atoms with Crippen LogP contribution in [0, 0.1) is 19.3 Å². The molecule has 1 unspecified atom stereocenters. The van der Waals surface area contributed by atoms with Crippen molar-refractivity contribution in [1.82, 2.24) is 14.8 Å². The van der Waals surface area contributed by atoms with Gasteiger partial charge in [-0.1, -0.05) is 0 Å². The van der Waals surface area contributed by atoms with E-state index in [2.05, 4.69) is 5.32 Å². The van der Waals surface area contributed by atoms with Gasteiger partial charge in [0.2, 0.25) is 11.8 Å². The minimum atomic E-state index is -0.770. The number of carbonyl (C=O) groups is 3. The first-order valence-electron chi connectivity index (χ1n) is 10.1. The fraction of sp³-hybridized carbons (Fsp3) is 0.409. The first-order chi connectivity index (χ1) is 14.4. The molecule has 8 nitrogen and oxygen atoms in total. The maximum atomic E-state index is 13.3. The van der Waals surface area contributed by atoms with Gasteiger partial charge in [-0.3, -0.25) is 19.7 Å². The van der Waals surface area contributed by atoms with Gasteiger partial charge >= 0.3 is 0 Å². The third-order valence-electron chi connectivity index (χ3n) is 6.32. The molecule has 0 radical (unpaired) electrons.